The third-order valence-corrected chi connectivity index (χ3v) is 3.98. The lowest BCUT2D eigenvalue weighted by Gasteiger charge is -2.37. The van der Waals surface area contributed by atoms with Crippen LogP contribution < -0.4 is 10.6 Å². The molecule has 0 spiro atoms. The van der Waals surface area contributed by atoms with Crippen LogP contribution in [0.4, 0.5) is 10.1 Å². The zero-order valence-corrected chi connectivity index (χ0v) is 11.4. The Morgan fingerprint density at radius 3 is 2.80 bits per heavy atom. The zero-order valence-electron chi connectivity index (χ0n) is 11.4. The number of anilines is 1. The summed E-state index contributed by atoms with van der Waals surface area (Å²) in [6, 6.07) is 15.2. The van der Waals surface area contributed by atoms with Crippen LogP contribution in [0.5, 0.6) is 0 Å². The van der Waals surface area contributed by atoms with Crippen LogP contribution in [0.2, 0.25) is 0 Å². The maximum atomic E-state index is 13.5. The van der Waals surface area contributed by atoms with Crippen molar-refractivity contribution in [2.45, 2.75) is 18.9 Å². The molecule has 3 rings (SSSR count). The van der Waals surface area contributed by atoms with E-state index in [0.29, 0.717) is 6.54 Å². The molecule has 104 valence electrons. The number of nitrogens with zero attached hydrogens (tertiary/aromatic N) is 1. The summed E-state index contributed by atoms with van der Waals surface area (Å²) >= 11 is 0. The highest BCUT2D eigenvalue weighted by molar-refractivity contribution is 5.57. The van der Waals surface area contributed by atoms with Crippen molar-refractivity contribution in [1.29, 1.82) is 0 Å². The monoisotopic (exact) mass is 270 g/mol. The Morgan fingerprint density at radius 1 is 1.15 bits per heavy atom. The number of aryl methyl sites for hydroxylation is 1. The number of rotatable bonds is 3. The van der Waals surface area contributed by atoms with Crippen LogP contribution in [0.1, 0.15) is 23.6 Å². The van der Waals surface area contributed by atoms with Gasteiger partial charge in [-0.15, -0.1) is 0 Å². The van der Waals surface area contributed by atoms with Crippen LogP contribution in [0.25, 0.3) is 0 Å². The van der Waals surface area contributed by atoms with E-state index in [9.17, 15) is 4.39 Å². The highest BCUT2D eigenvalue weighted by Gasteiger charge is 2.24. The molecule has 0 aliphatic carbocycles. The molecule has 0 amide bonds. The van der Waals surface area contributed by atoms with E-state index < -0.39 is 0 Å². The van der Waals surface area contributed by atoms with E-state index in [1.807, 2.05) is 6.07 Å². The third kappa shape index (κ3) is 2.41. The molecule has 1 aliphatic rings. The second kappa shape index (κ2) is 5.63. The molecule has 0 bridgehead atoms. The lowest BCUT2D eigenvalue weighted by molar-refractivity contribution is 0.578. The van der Waals surface area contributed by atoms with Gasteiger partial charge < -0.3 is 10.6 Å². The van der Waals surface area contributed by atoms with Crippen molar-refractivity contribution >= 4 is 5.69 Å². The third-order valence-electron chi connectivity index (χ3n) is 3.98. The first-order valence-corrected chi connectivity index (χ1v) is 7.09. The van der Waals surface area contributed by atoms with E-state index in [4.69, 9.17) is 5.73 Å². The molecule has 2 nitrogen and oxygen atoms in total. The minimum atomic E-state index is -0.203. The predicted molar refractivity (Wildman–Crippen MR) is 80.3 cm³/mol. The number of hydrogen-bond donors (Lipinski definition) is 1. The fraction of sp³-hybridized carbons (Fsp3) is 0.294. The Hall–Kier alpha value is -1.87. The second-order valence-corrected chi connectivity index (χ2v) is 5.23. The van der Waals surface area contributed by atoms with Gasteiger partial charge in [0, 0.05) is 18.8 Å². The Morgan fingerprint density at radius 2 is 2.00 bits per heavy atom. The molecule has 2 N–H and O–H groups in total. The van der Waals surface area contributed by atoms with Crippen LogP contribution in [-0.4, -0.2) is 13.1 Å². The van der Waals surface area contributed by atoms with Crippen molar-refractivity contribution < 1.29 is 4.39 Å². The summed E-state index contributed by atoms with van der Waals surface area (Å²) < 4.78 is 13.5. The SMILES string of the molecule is NCC(c1cccc(F)c1)N1CCCc2ccccc21. The fourth-order valence-electron chi connectivity index (χ4n) is 3.04. The van der Waals surface area contributed by atoms with Gasteiger partial charge in [0.2, 0.25) is 0 Å². The first-order valence-electron chi connectivity index (χ1n) is 7.09. The first kappa shape index (κ1) is 13.1. The molecule has 1 atom stereocenters. The number of nitrogens with two attached hydrogens (primary N) is 1. The quantitative estimate of drug-likeness (QED) is 0.927. The molecule has 1 heterocycles. The van der Waals surface area contributed by atoms with E-state index in [2.05, 4.69) is 29.2 Å². The molecule has 0 radical (unpaired) electrons. The average Bonchev–Trinajstić information content (AvgIpc) is 2.48. The summed E-state index contributed by atoms with van der Waals surface area (Å²) in [5, 5.41) is 0. The lowest BCUT2D eigenvalue weighted by atomic mass is 9.97. The van der Waals surface area contributed by atoms with Gasteiger partial charge in [0.1, 0.15) is 5.82 Å². The van der Waals surface area contributed by atoms with Crippen LogP contribution in [0, 0.1) is 5.82 Å². The van der Waals surface area contributed by atoms with Crippen molar-refractivity contribution in [3.8, 4) is 0 Å². The normalized spacial score (nSPS) is 15.8. The first-order chi connectivity index (χ1) is 9.79. The van der Waals surface area contributed by atoms with Crippen LogP contribution in [0.3, 0.4) is 0 Å². The van der Waals surface area contributed by atoms with Gasteiger partial charge >= 0.3 is 0 Å². The van der Waals surface area contributed by atoms with Crippen molar-refractivity contribution in [1.82, 2.24) is 0 Å². The topological polar surface area (TPSA) is 29.3 Å². The molecule has 2 aromatic carbocycles. The van der Waals surface area contributed by atoms with Crippen molar-refractivity contribution in [2.24, 2.45) is 5.73 Å². The Labute approximate surface area is 119 Å². The molecule has 1 unspecified atom stereocenters. The van der Waals surface area contributed by atoms with Crippen LogP contribution >= 0.6 is 0 Å². The van der Waals surface area contributed by atoms with E-state index in [1.165, 1.54) is 17.3 Å². The molecule has 1 aliphatic heterocycles. The zero-order chi connectivity index (χ0) is 13.9. The van der Waals surface area contributed by atoms with E-state index >= 15 is 0 Å². The van der Waals surface area contributed by atoms with Gasteiger partial charge in [-0.2, -0.15) is 0 Å². The fourth-order valence-corrected chi connectivity index (χ4v) is 3.04. The van der Waals surface area contributed by atoms with E-state index in [-0.39, 0.29) is 11.9 Å². The number of hydrogen-bond acceptors (Lipinski definition) is 2. The summed E-state index contributed by atoms with van der Waals surface area (Å²) in [6.07, 6.45) is 2.22. The van der Waals surface area contributed by atoms with Gasteiger partial charge in [0.25, 0.3) is 0 Å². The van der Waals surface area contributed by atoms with Gasteiger partial charge in [-0.25, -0.2) is 4.39 Å². The van der Waals surface area contributed by atoms with Crippen LogP contribution in [0.15, 0.2) is 48.5 Å². The van der Waals surface area contributed by atoms with E-state index in [1.54, 1.807) is 12.1 Å². The highest BCUT2D eigenvalue weighted by atomic mass is 19.1. The van der Waals surface area contributed by atoms with Crippen molar-refractivity contribution in [2.75, 3.05) is 18.0 Å². The minimum Gasteiger partial charge on any atom is -0.363 e. The summed E-state index contributed by atoms with van der Waals surface area (Å²) in [5.41, 5.74) is 9.52. The number of benzene rings is 2. The summed E-state index contributed by atoms with van der Waals surface area (Å²) in [6.45, 7) is 1.45. The van der Waals surface area contributed by atoms with Gasteiger partial charge in [0.15, 0.2) is 0 Å². The van der Waals surface area contributed by atoms with E-state index in [0.717, 1.165) is 24.9 Å². The van der Waals surface area contributed by atoms with Gasteiger partial charge in [0.05, 0.1) is 6.04 Å². The molecular formula is C17H19FN2. The Kier molecular flexibility index (Phi) is 3.70. The Bertz CT molecular complexity index is 597. The average molecular weight is 270 g/mol. The maximum absolute atomic E-state index is 13.5. The molecule has 20 heavy (non-hydrogen) atoms. The molecule has 0 saturated carbocycles. The van der Waals surface area contributed by atoms with Crippen molar-refractivity contribution in [3.63, 3.8) is 0 Å². The summed E-state index contributed by atoms with van der Waals surface area (Å²) in [5.74, 6) is -0.203. The van der Waals surface area contributed by atoms with Gasteiger partial charge in [-0.05, 0) is 42.2 Å². The number of para-hydroxylation sites is 1. The number of halogens is 1. The second-order valence-electron chi connectivity index (χ2n) is 5.23. The predicted octanol–water partition coefficient (Wildman–Crippen LogP) is 3.28. The molecule has 0 saturated heterocycles. The standard InChI is InChI=1S/C17H19FN2/c18-15-8-3-6-14(11-15)17(12-19)20-10-4-7-13-5-1-2-9-16(13)20/h1-3,5-6,8-9,11,17H,4,7,10,12,19H2. The lowest BCUT2D eigenvalue weighted by Crippen LogP contribution is -2.37. The highest BCUT2D eigenvalue weighted by Crippen LogP contribution is 2.33. The largest absolute Gasteiger partial charge is 0.363 e. The number of fused-ring (bicyclic) bond motifs is 1. The minimum absolute atomic E-state index is 0.0344. The molecule has 3 heteroatoms. The molecule has 0 fully saturated rings. The summed E-state index contributed by atoms with van der Waals surface area (Å²) in [7, 11) is 0. The van der Waals surface area contributed by atoms with Crippen LogP contribution in [-0.2, 0) is 6.42 Å². The van der Waals surface area contributed by atoms with Gasteiger partial charge in [-0.3, -0.25) is 0 Å². The van der Waals surface area contributed by atoms with Crippen molar-refractivity contribution in [3.05, 3.63) is 65.5 Å². The molecule has 0 aromatic heterocycles. The Balaban J connectivity index is 1.99. The summed E-state index contributed by atoms with van der Waals surface area (Å²) in [4.78, 5) is 2.31. The molecular weight excluding hydrogens is 251 g/mol. The maximum Gasteiger partial charge on any atom is 0.123 e. The van der Waals surface area contributed by atoms with Gasteiger partial charge in [-0.1, -0.05) is 30.3 Å². The molecule has 2 aromatic rings. The smallest absolute Gasteiger partial charge is 0.123 e.